The molecule has 4 nitrogen and oxygen atoms in total. The van der Waals surface area contributed by atoms with Crippen LogP contribution >= 0.6 is 11.3 Å². The number of benzene rings is 1. The third-order valence-corrected chi connectivity index (χ3v) is 3.76. The summed E-state index contributed by atoms with van der Waals surface area (Å²) >= 11 is 1.58. The Kier molecular flexibility index (Phi) is 4.16. The molecule has 1 heterocycles. The van der Waals surface area contributed by atoms with E-state index in [9.17, 15) is 9.90 Å². The van der Waals surface area contributed by atoms with Gasteiger partial charge in [0, 0.05) is 11.1 Å². The van der Waals surface area contributed by atoms with E-state index in [-0.39, 0.29) is 24.1 Å². The molecule has 0 aliphatic heterocycles. The fourth-order valence-electron chi connectivity index (χ4n) is 1.78. The standard InChI is InChI=1S/C14H16N2O2S/c1-9-8-15-14(19-9)10(2)16-13(18)7-11-4-3-5-12(17)6-11/h3-6,8,10,17H,7H2,1-2H3,(H,16,18). The molecule has 5 heteroatoms. The Balaban J connectivity index is 1.94. The zero-order valence-corrected chi connectivity index (χ0v) is 11.7. The van der Waals surface area contributed by atoms with Crippen molar-refractivity contribution in [1.82, 2.24) is 10.3 Å². The van der Waals surface area contributed by atoms with Crippen LogP contribution in [0.5, 0.6) is 5.75 Å². The van der Waals surface area contributed by atoms with E-state index >= 15 is 0 Å². The number of aryl methyl sites for hydroxylation is 1. The first kappa shape index (κ1) is 13.5. The van der Waals surface area contributed by atoms with E-state index in [0.29, 0.717) is 0 Å². The van der Waals surface area contributed by atoms with E-state index in [4.69, 9.17) is 0 Å². The molecule has 2 rings (SSSR count). The van der Waals surface area contributed by atoms with Gasteiger partial charge in [-0.2, -0.15) is 0 Å². The van der Waals surface area contributed by atoms with Crippen LogP contribution in [-0.2, 0) is 11.2 Å². The second-order valence-corrected chi connectivity index (χ2v) is 5.71. The van der Waals surface area contributed by atoms with Gasteiger partial charge in [-0.25, -0.2) is 4.98 Å². The topological polar surface area (TPSA) is 62.2 Å². The molecule has 0 aliphatic carbocycles. The summed E-state index contributed by atoms with van der Waals surface area (Å²) < 4.78 is 0. The number of aromatic hydroxyl groups is 1. The summed E-state index contributed by atoms with van der Waals surface area (Å²) in [6.07, 6.45) is 2.06. The maximum Gasteiger partial charge on any atom is 0.224 e. The normalized spacial score (nSPS) is 12.1. The molecular weight excluding hydrogens is 260 g/mol. The van der Waals surface area contributed by atoms with Crippen molar-refractivity contribution in [2.75, 3.05) is 0 Å². The Morgan fingerprint density at radius 2 is 2.32 bits per heavy atom. The quantitative estimate of drug-likeness (QED) is 0.902. The summed E-state index contributed by atoms with van der Waals surface area (Å²) in [6.45, 7) is 3.90. The van der Waals surface area contributed by atoms with Gasteiger partial charge in [-0.15, -0.1) is 11.3 Å². The first-order chi connectivity index (χ1) is 9.04. The third kappa shape index (κ3) is 3.79. The molecule has 0 bridgehead atoms. The van der Waals surface area contributed by atoms with Crippen LogP contribution in [0.2, 0.25) is 0 Å². The van der Waals surface area contributed by atoms with Crippen molar-refractivity contribution in [3.63, 3.8) is 0 Å². The number of nitrogens with one attached hydrogen (secondary N) is 1. The number of carbonyl (C=O) groups is 1. The average Bonchev–Trinajstić information content (AvgIpc) is 2.75. The molecule has 2 N–H and O–H groups in total. The van der Waals surface area contributed by atoms with Crippen molar-refractivity contribution in [3.05, 3.63) is 45.9 Å². The summed E-state index contributed by atoms with van der Waals surface area (Å²) in [4.78, 5) is 17.3. The molecule has 1 amide bonds. The second-order valence-electron chi connectivity index (χ2n) is 4.45. The van der Waals surface area contributed by atoms with Crippen LogP contribution in [0.1, 0.15) is 28.4 Å². The van der Waals surface area contributed by atoms with E-state index < -0.39 is 0 Å². The molecule has 0 radical (unpaired) electrons. The lowest BCUT2D eigenvalue weighted by atomic mass is 10.1. The van der Waals surface area contributed by atoms with Crippen molar-refractivity contribution in [1.29, 1.82) is 0 Å². The molecule has 1 aromatic heterocycles. The number of amides is 1. The summed E-state index contributed by atoms with van der Waals surface area (Å²) in [5, 5.41) is 13.2. The summed E-state index contributed by atoms with van der Waals surface area (Å²) in [5.74, 6) is 0.0971. The van der Waals surface area contributed by atoms with Gasteiger partial charge in [0.25, 0.3) is 0 Å². The molecular formula is C14H16N2O2S. The van der Waals surface area contributed by atoms with Gasteiger partial charge < -0.3 is 10.4 Å². The average molecular weight is 276 g/mol. The first-order valence-electron chi connectivity index (χ1n) is 6.04. The van der Waals surface area contributed by atoms with E-state index in [2.05, 4.69) is 10.3 Å². The van der Waals surface area contributed by atoms with Gasteiger partial charge >= 0.3 is 0 Å². The van der Waals surface area contributed by atoms with E-state index in [0.717, 1.165) is 15.4 Å². The number of aromatic nitrogens is 1. The highest BCUT2D eigenvalue weighted by Crippen LogP contribution is 2.19. The van der Waals surface area contributed by atoms with Gasteiger partial charge in [-0.3, -0.25) is 4.79 Å². The SMILES string of the molecule is Cc1cnc(C(C)NC(=O)Cc2cccc(O)c2)s1. The first-order valence-corrected chi connectivity index (χ1v) is 6.86. The third-order valence-electron chi connectivity index (χ3n) is 2.66. The zero-order valence-electron chi connectivity index (χ0n) is 10.9. The van der Waals surface area contributed by atoms with E-state index in [1.165, 1.54) is 0 Å². The van der Waals surface area contributed by atoms with Crippen molar-refractivity contribution in [3.8, 4) is 5.75 Å². The fourth-order valence-corrected chi connectivity index (χ4v) is 2.55. The maximum atomic E-state index is 11.9. The van der Waals surface area contributed by atoms with Gasteiger partial charge in [0.05, 0.1) is 12.5 Å². The van der Waals surface area contributed by atoms with Crippen LogP contribution in [0.15, 0.2) is 30.5 Å². The summed E-state index contributed by atoms with van der Waals surface area (Å²) in [7, 11) is 0. The van der Waals surface area contributed by atoms with E-state index in [1.54, 1.807) is 35.7 Å². The van der Waals surface area contributed by atoms with Crippen molar-refractivity contribution in [2.45, 2.75) is 26.3 Å². The summed E-state index contributed by atoms with van der Waals surface area (Å²) in [6, 6.07) is 6.63. The molecule has 19 heavy (non-hydrogen) atoms. The predicted molar refractivity (Wildman–Crippen MR) is 75.2 cm³/mol. The number of thiazole rings is 1. The number of phenolic OH excluding ortho intramolecular Hbond substituents is 1. The number of carbonyl (C=O) groups excluding carboxylic acids is 1. The van der Waals surface area contributed by atoms with Crippen LogP contribution in [-0.4, -0.2) is 16.0 Å². The lowest BCUT2D eigenvalue weighted by molar-refractivity contribution is -0.121. The van der Waals surface area contributed by atoms with Gasteiger partial charge in [0.15, 0.2) is 0 Å². The Bertz CT molecular complexity index is 580. The van der Waals surface area contributed by atoms with Crippen molar-refractivity contribution >= 4 is 17.2 Å². The summed E-state index contributed by atoms with van der Waals surface area (Å²) in [5.41, 5.74) is 0.792. The van der Waals surface area contributed by atoms with Crippen LogP contribution in [0, 0.1) is 6.92 Å². The minimum atomic E-state index is -0.0940. The molecule has 0 spiro atoms. The minimum absolute atomic E-state index is 0.0778. The predicted octanol–water partition coefficient (Wildman–Crippen LogP) is 2.58. The van der Waals surface area contributed by atoms with Gasteiger partial charge in [0.2, 0.25) is 5.91 Å². The van der Waals surface area contributed by atoms with Crippen LogP contribution in [0.4, 0.5) is 0 Å². The highest BCUT2D eigenvalue weighted by atomic mass is 32.1. The number of nitrogens with zero attached hydrogens (tertiary/aromatic N) is 1. The van der Waals surface area contributed by atoms with Gasteiger partial charge in [-0.1, -0.05) is 12.1 Å². The largest absolute Gasteiger partial charge is 0.508 e. The Morgan fingerprint density at radius 1 is 1.53 bits per heavy atom. The molecule has 0 fully saturated rings. The number of hydrogen-bond donors (Lipinski definition) is 2. The van der Waals surface area contributed by atoms with Crippen LogP contribution < -0.4 is 5.32 Å². The minimum Gasteiger partial charge on any atom is -0.508 e. The number of phenols is 1. The van der Waals surface area contributed by atoms with Crippen molar-refractivity contribution in [2.24, 2.45) is 0 Å². The number of rotatable bonds is 4. The molecule has 1 aromatic carbocycles. The highest BCUT2D eigenvalue weighted by Gasteiger charge is 2.13. The fraction of sp³-hybridized carbons (Fsp3) is 0.286. The van der Waals surface area contributed by atoms with E-state index in [1.807, 2.05) is 19.9 Å². The highest BCUT2D eigenvalue weighted by molar-refractivity contribution is 7.11. The molecule has 0 saturated carbocycles. The maximum absolute atomic E-state index is 11.9. The van der Waals surface area contributed by atoms with Gasteiger partial charge in [-0.05, 0) is 31.5 Å². The molecule has 0 saturated heterocycles. The Labute approximate surface area is 116 Å². The lowest BCUT2D eigenvalue weighted by Crippen LogP contribution is -2.27. The Hall–Kier alpha value is -1.88. The molecule has 0 aliphatic rings. The number of hydrogen-bond acceptors (Lipinski definition) is 4. The second kappa shape index (κ2) is 5.84. The van der Waals surface area contributed by atoms with Gasteiger partial charge in [0.1, 0.15) is 10.8 Å². The zero-order chi connectivity index (χ0) is 13.8. The molecule has 1 atom stereocenters. The molecule has 1 unspecified atom stereocenters. The smallest absolute Gasteiger partial charge is 0.224 e. The monoisotopic (exact) mass is 276 g/mol. The molecule has 100 valence electrons. The lowest BCUT2D eigenvalue weighted by Gasteiger charge is -2.11. The van der Waals surface area contributed by atoms with Crippen LogP contribution in [0.25, 0.3) is 0 Å². The molecule has 2 aromatic rings. The van der Waals surface area contributed by atoms with Crippen molar-refractivity contribution < 1.29 is 9.90 Å². The Morgan fingerprint density at radius 3 is 2.95 bits per heavy atom. The van der Waals surface area contributed by atoms with Crippen LogP contribution in [0.3, 0.4) is 0 Å².